The van der Waals surface area contributed by atoms with Gasteiger partial charge < -0.3 is 0 Å². The molecule has 2 nitrogen and oxygen atoms in total. The van der Waals surface area contributed by atoms with Crippen LogP contribution in [-0.2, 0) is 5.54 Å². The molecule has 0 saturated carbocycles. The van der Waals surface area contributed by atoms with E-state index in [9.17, 15) is 0 Å². The van der Waals surface area contributed by atoms with Crippen molar-refractivity contribution in [1.82, 2.24) is 9.55 Å². The van der Waals surface area contributed by atoms with Gasteiger partial charge in [0.1, 0.15) is 0 Å². The molecule has 0 radical (unpaired) electrons. The number of rotatable bonds is 1. The molecule has 15 heavy (non-hydrogen) atoms. The van der Waals surface area contributed by atoms with Crippen molar-refractivity contribution in [2.45, 2.75) is 17.8 Å². The second-order valence-electron chi connectivity index (χ2n) is 4.14. The third kappa shape index (κ3) is 1.38. The molecule has 2 aromatic rings. The Hall–Kier alpha value is -0.0605. The monoisotopic (exact) mass is 378 g/mol. The van der Waals surface area contributed by atoms with Crippen LogP contribution < -0.4 is 4.72 Å². The number of hydrogen-bond donors (Lipinski definition) is 0. The van der Waals surface area contributed by atoms with Crippen LogP contribution in [-0.4, -0.2) is 28.9 Å². The number of aromatic nitrogens is 2. The third-order valence-electron chi connectivity index (χ3n) is 2.87. The summed E-state index contributed by atoms with van der Waals surface area (Å²) < 4.78 is 4.96. The van der Waals surface area contributed by atoms with E-state index in [1.54, 1.807) is 0 Å². The Morgan fingerprint density at radius 1 is 1.53 bits per heavy atom. The quantitative estimate of drug-likeness (QED) is 0.422. The van der Waals surface area contributed by atoms with Crippen molar-refractivity contribution in [1.29, 1.82) is 0 Å². The molecule has 1 unspecified atom stereocenters. The number of nitrogens with zero attached hydrogens (tertiary/aromatic N) is 2. The average Bonchev–Trinajstić information content (AvgIpc) is 2.78. The number of benzene rings is 1. The summed E-state index contributed by atoms with van der Waals surface area (Å²) in [7, 11) is 0. The molecular weight excluding hydrogens is 366 g/mol. The van der Waals surface area contributed by atoms with Gasteiger partial charge in [0.2, 0.25) is 0 Å². The first-order chi connectivity index (χ1) is 7.24. The Balaban J connectivity index is 2.34. The van der Waals surface area contributed by atoms with Crippen LogP contribution in [0, 0.1) is 0 Å². The fourth-order valence-electron chi connectivity index (χ4n) is 2.01. The van der Waals surface area contributed by atoms with E-state index < -0.39 is 0 Å². The molecule has 0 N–H and O–H groups in total. The van der Waals surface area contributed by atoms with Crippen molar-refractivity contribution < 1.29 is 0 Å². The normalized spacial score (nSPS) is 24.7. The summed E-state index contributed by atoms with van der Waals surface area (Å²) in [6.45, 7) is 2.35. The van der Waals surface area contributed by atoms with Gasteiger partial charge in [-0.05, 0) is 0 Å². The van der Waals surface area contributed by atoms with Gasteiger partial charge in [0, 0.05) is 0 Å². The summed E-state index contributed by atoms with van der Waals surface area (Å²) in [6.07, 6.45) is 0. The molecule has 2 heterocycles. The predicted molar refractivity (Wildman–Crippen MR) is 72.5 cm³/mol. The number of hydrogen-bond acceptors (Lipinski definition) is 1. The molecule has 1 aliphatic heterocycles. The Bertz CT molecular complexity index is 522. The van der Waals surface area contributed by atoms with Crippen molar-refractivity contribution >= 4 is 53.3 Å². The van der Waals surface area contributed by atoms with Crippen LogP contribution in [0.1, 0.15) is 6.92 Å². The van der Waals surface area contributed by atoms with Gasteiger partial charge in [-0.15, -0.1) is 0 Å². The summed E-state index contributed by atoms with van der Waals surface area (Å²) in [4.78, 5) is 4.72. The summed E-state index contributed by atoms with van der Waals surface area (Å²) in [5.74, 6) is 0. The predicted octanol–water partition coefficient (Wildman–Crippen LogP) is 1.95. The van der Waals surface area contributed by atoms with Crippen molar-refractivity contribution in [2.75, 3.05) is 4.43 Å². The van der Waals surface area contributed by atoms with Crippen LogP contribution in [0.4, 0.5) is 0 Å². The van der Waals surface area contributed by atoms with E-state index in [2.05, 4.69) is 58.3 Å². The SMILES string of the molecule is CC1(CI)C[Se]c2nc3ccccc3n21. The van der Waals surface area contributed by atoms with Crippen molar-refractivity contribution in [2.24, 2.45) is 0 Å². The second-order valence-corrected chi connectivity index (χ2v) is 6.88. The Morgan fingerprint density at radius 3 is 3.13 bits per heavy atom. The Morgan fingerprint density at radius 2 is 2.33 bits per heavy atom. The van der Waals surface area contributed by atoms with Crippen LogP contribution in [0.25, 0.3) is 11.0 Å². The Kier molecular flexibility index (Phi) is 2.34. The third-order valence-corrected chi connectivity index (χ3v) is 7.24. The molecule has 1 aromatic heterocycles. The zero-order valence-corrected chi connectivity index (χ0v) is 12.3. The zero-order valence-electron chi connectivity index (χ0n) is 8.40. The van der Waals surface area contributed by atoms with Crippen LogP contribution in [0.15, 0.2) is 24.3 Å². The number of fused-ring (bicyclic) bond motifs is 3. The minimum atomic E-state index is 0.298. The topological polar surface area (TPSA) is 17.8 Å². The van der Waals surface area contributed by atoms with Gasteiger partial charge in [-0.2, -0.15) is 0 Å². The van der Waals surface area contributed by atoms with E-state index in [0.717, 1.165) is 5.52 Å². The number of imidazole rings is 1. The number of alkyl halides is 1. The molecule has 1 aromatic carbocycles. The molecule has 0 amide bonds. The fourth-order valence-corrected chi connectivity index (χ4v) is 6.13. The van der Waals surface area contributed by atoms with Crippen molar-refractivity contribution in [3.63, 3.8) is 0 Å². The summed E-state index contributed by atoms with van der Waals surface area (Å²) >= 11 is 3.05. The molecular formula is C11H11IN2Se. The molecule has 4 heteroatoms. The van der Waals surface area contributed by atoms with E-state index in [1.165, 1.54) is 20.0 Å². The van der Waals surface area contributed by atoms with Gasteiger partial charge in [0.05, 0.1) is 0 Å². The van der Waals surface area contributed by atoms with Crippen LogP contribution in [0.2, 0.25) is 5.32 Å². The number of halogens is 1. The van der Waals surface area contributed by atoms with Crippen LogP contribution >= 0.6 is 22.6 Å². The molecule has 3 rings (SSSR count). The first-order valence-corrected chi connectivity index (χ1v) is 8.51. The summed E-state index contributed by atoms with van der Waals surface area (Å²) in [5.41, 5.74) is 2.77. The van der Waals surface area contributed by atoms with E-state index in [1.807, 2.05) is 0 Å². The minimum absolute atomic E-state index is 0.298. The molecule has 78 valence electrons. The molecule has 1 atom stereocenters. The van der Waals surface area contributed by atoms with Gasteiger partial charge >= 0.3 is 109 Å². The Labute approximate surface area is 109 Å². The first-order valence-electron chi connectivity index (χ1n) is 4.91. The maximum atomic E-state index is 4.72. The van der Waals surface area contributed by atoms with E-state index in [4.69, 9.17) is 4.98 Å². The van der Waals surface area contributed by atoms with Crippen LogP contribution in [0.5, 0.6) is 0 Å². The van der Waals surface area contributed by atoms with E-state index in [-0.39, 0.29) is 0 Å². The van der Waals surface area contributed by atoms with Gasteiger partial charge in [0.25, 0.3) is 0 Å². The van der Waals surface area contributed by atoms with E-state index >= 15 is 0 Å². The van der Waals surface area contributed by atoms with Gasteiger partial charge in [-0.1, -0.05) is 0 Å². The fraction of sp³-hybridized carbons (Fsp3) is 0.364. The summed E-state index contributed by atoms with van der Waals surface area (Å²) in [6, 6.07) is 8.48. The summed E-state index contributed by atoms with van der Waals surface area (Å²) in [5, 5.41) is 1.29. The zero-order chi connectivity index (χ0) is 10.5. The van der Waals surface area contributed by atoms with Crippen molar-refractivity contribution in [3.05, 3.63) is 24.3 Å². The van der Waals surface area contributed by atoms with Gasteiger partial charge in [-0.25, -0.2) is 0 Å². The standard InChI is InChI=1S/C11H11IN2Se/c1-11(6-12)7-15-10-13-8-4-2-3-5-9(8)14(10)11/h2-5H,6-7H2,1H3. The van der Waals surface area contributed by atoms with Gasteiger partial charge in [-0.3, -0.25) is 0 Å². The van der Waals surface area contributed by atoms with Gasteiger partial charge in [0.15, 0.2) is 0 Å². The average molecular weight is 377 g/mol. The van der Waals surface area contributed by atoms with Crippen LogP contribution in [0.3, 0.4) is 0 Å². The molecule has 1 aliphatic rings. The first kappa shape index (κ1) is 10.1. The maximum absolute atomic E-state index is 4.72. The molecule has 0 saturated heterocycles. The van der Waals surface area contributed by atoms with E-state index in [0.29, 0.717) is 20.5 Å². The molecule has 0 fully saturated rings. The number of para-hydroxylation sites is 2. The molecule has 0 spiro atoms. The second kappa shape index (κ2) is 3.47. The molecule has 0 aliphatic carbocycles. The molecule has 0 bridgehead atoms. The van der Waals surface area contributed by atoms with Crippen molar-refractivity contribution in [3.8, 4) is 0 Å².